The molecule has 0 spiro atoms. The lowest BCUT2D eigenvalue weighted by Crippen LogP contribution is -2.50. The Labute approximate surface area is 181 Å². The first-order valence-electron chi connectivity index (χ1n) is 9.88. The van der Waals surface area contributed by atoms with Gasteiger partial charge in [-0.1, -0.05) is 6.07 Å². The number of thiophene rings is 1. The van der Waals surface area contributed by atoms with Crippen molar-refractivity contribution in [2.24, 2.45) is 0 Å². The van der Waals surface area contributed by atoms with Crippen molar-refractivity contribution >= 4 is 46.0 Å². The van der Waals surface area contributed by atoms with Gasteiger partial charge in [-0.15, -0.1) is 11.3 Å². The van der Waals surface area contributed by atoms with E-state index in [1.54, 1.807) is 22.2 Å². The van der Waals surface area contributed by atoms with Crippen molar-refractivity contribution in [3.63, 3.8) is 0 Å². The topological polar surface area (TPSA) is 134 Å². The van der Waals surface area contributed by atoms with E-state index in [0.717, 1.165) is 5.39 Å². The highest BCUT2D eigenvalue weighted by molar-refractivity contribution is 7.09. The van der Waals surface area contributed by atoms with E-state index in [-0.39, 0.29) is 31.2 Å². The molecule has 0 aliphatic carbocycles. The lowest BCUT2D eigenvalue weighted by Gasteiger charge is -2.26. The summed E-state index contributed by atoms with van der Waals surface area (Å²) in [5, 5.41) is 15.6. The van der Waals surface area contributed by atoms with Crippen molar-refractivity contribution in [2.75, 3.05) is 25.0 Å². The number of nitrogens with one attached hydrogen (secondary N) is 3. The van der Waals surface area contributed by atoms with Gasteiger partial charge in [0.2, 0.25) is 11.8 Å². The highest BCUT2D eigenvalue weighted by Crippen LogP contribution is 2.20. The molecule has 0 unspecified atom stereocenters. The summed E-state index contributed by atoms with van der Waals surface area (Å²) in [7, 11) is 0. The summed E-state index contributed by atoms with van der Waals surface area (Å²) < 4.78 is 1.72. The largest absolute Gasteiger partial charge is 0.364 e. The monoisotopic (exact) mass is 442 g/mol. The molecule has 31 heavy (non-hydrogen) atoms. The molecule has 162 valence electrons. The highest BCUT2D eigenvalue weighted by Gasteiger charge is 2.22. The van der Waals surface area contributed by atoms with Crippen LogP contribution in [-0.4, -0.2) is 62.1 Å². The predicted molar refractivity (Wildman–Crippen MR) is 114 cm³/mol. The van der Waals surface area contributed by atoms with Crippen LogP contribution < -0.4 is 16.0 Å². The number of nitrogens with zero attached hydrogens (tertiary/aromatic N) is 5. The van der Waals surface area contributed by atoms with Crippen LogP contribution >= 0.6 is 11.3 Å². The van der Waals surface area contributed by atoms with Crippen LogP contribution in [0.4, 0.5) is 10.6 Å². The minimum absolute atomic E-state index is 0.167. The average Bonchev–Trinajstić information content (AvgIpc) is 3.42. The van der Waals surface area contributed by atoms with Gasteiger partial charge in [0, 0.05) is 37.4 Å². The lowest BCUT2D eigenvalue weighted by atomic mass is 10.3. The number of aromatic nitrogens is 4. The van der Waals surface area contributed by atoms with Gasteiger partial charge in [0.15, 0.2) is 5.65 Å². The van der Waals surface area contributed by atoms with Crippen LogP contribution in [0.3, 0.4) is 0 Å². The maximum absolute atomic E-state index is 12.1. The highest BCUT2D eigenvalue weighted by atomic mass is 32.1. The van der Waals surface area contributed by atoms with E-state index in [0.29, 0.717) is 37.6 Å². The molecule has 0 radical (unpaired) electrons. The Kier molecular flexibility index (Phi) is 6.36. The van der Waals surface area contributed by atoms with Gasteiger partial charge >= 0.3 is 6.03 Å². The molecular formula is C19H22N8O3S. The quantitative estimate of drug-likeness (QED) is 0.449. The Morgan fingerprint density at radius 2 is 2.16 bits per heavy atom. The number of carbonyl (C=O) groups excluding carboxylic acids is 3. The fourth-order valence-electron chi connectivity index (χ4n) is 3.22. The normalized spacial score (nSPS) is 14.0. The molecule has 1 aliphatic rings. The van der Waals surface area contributed by atoms with E-state index in [1.807, 2.05) is 11.4 Å². The molecule has 4 amide bonds. The molecule has 3 N–H and O–H groups in total. The van der Waals surface area contributed by atoms with Gasteiger partial charge in [0.05, 0.1) is 24.7 Å². The summed E-state index contributed by atoms with van der Waals surface area (Å²) in [4.78, 5) is 46.2. The minimum Gasteiger partial charge on any atom is -0.364 e. The zero-order valence-electron chi connectivity index (χ0n) is 16.7. The number of anilines is 1. The van der Waals surface area contributed by atoms with Gasteiger partial charge in [-0.3, -0.25) is 14.9 Å². The van der Waals surface area contributed by atoms with Gasteiger partial charge in [0.1, 0.15) is 12.1 Å². The van der Waals surface area contributed by atoms with E-state index >= 15 is 0 Å². The number of carbonyl (C=O) groups is 3. The van der Waals surface area contributed by atoms with Crippen LogP contribution in [0.15, 0.2) is 30.0 Å². The Morgan fingerprint density at radius 1 is 1.26 bits per heavy atom. The van der Waals surface area contributed by atoms with E-state index in [2.05, 4.69) is 37.1 Å². The van der Waals surface area contributed by atoms with Gasteiger partial charge in [-0.25, -0.2) is 19.4 Å². The fourth-order valence-corrected chi connectivity index (χ4v) is 3.86. The first-order valence-corrected chi connectivity index (χ1v) is 10.8. The summed E-state index contributed by atoms with van der Waals surface area (Å²) in [5.74, 6) is 0.256. The fraction of sp³-hybridized carbons (Fsp3) is 0.368. The summed E-state index contributed by atoms with van der Waals surface area (Å²) in [6.07, 6.45) is 3.63. The minimum atomic E-state index is -0.449. The summed E-state index contributed by atoms with van der Waals surface area (Å²) in [6.45, 7) is 2.10. The summed E-state index contributed by atoms with van der Waals surface area (Å²) >= 11 is 1.67. The van der Waals surface area contributed by atoms with Gasteiger partial charge in [0.25, 0.3) is 0 Å². The van der Waals surface area contributed by atoms with Crippen molar-refractivity contribution in [1.29, 1.82) is 0 Å². The number of hydrogen-bond acceptors (Lipinski definition) is 8. The van der Waals surface area contributed by atoms with Crippen molar-refractivity contribution in [1.82, 2.24) is 35.3 Å². The smallest absolute Gasteiger partial charge is 0.324 e. The molecule has 1 aliphatic heterocycles. The molecule has 3 aromatic heterocycles. The number of fused-ring (bicyclic) bond motifs is 1. The van der Waals surface area contributed by atoms with Crippen LogP contribution in [0.2, 0.25) is 0 Å². The third-order valence-electron chi connectivity index (χ3n) is 4.84. The Morgan fingerprint density at radius 3 is 2.97 bits per heavy atom. The maximum atomic E-state index is 12.1. The van der Waals surface area contributed by atoms with Crippen LogP contribution in [0.25, 0.3) is 11.0 Å². The third-order valence-corrected chi connectivity index (χ3v) is 5.72. The molecule has 0 saturated carbocycles. The predicted octanol–water partition coefficient (Wildman–Crippen LogP) is 0.948. The van der Waals surface area contributed by atoms with Crippen molar-refractivity contribution in [3.05, 3.63) is 34.9 Å². The number of hydrogen-bond donors (Lipinski definition) is 3. The SMILES string of the molecule is O=C(CCN1CCC(=O)NC1=O)NCCn1ncc2c(NCc3cccs3)ncnc21. The molecule has 0 atom stereocenters. The van der Waals surface area contributed by atoms with Gasteiger partial charge in [-0.2, -0.15) is 5.10 Å². The van der Waals surface area contributed by atoms with E-state index < -0.39 is 6.03 Å². The van der Waals surface area contributed by atoms with Gasteiger partial charge < -0.3 is 15.5 Å². The standard InChI is InChI=1S/C19H22N8O3S/c28-15(3-6-26-7-4-16(29)25-19(26)30)20-5-8-27-18-14(11-24-27)17(22-12-23-18)21-10-13-2-1-9-31-13/h1-2,9,11-12H,3-8,10H2,(H,20,28)(H,21,22,23)(H,25,29,30). The maximum Gasteiger partial charge on any atom is 0.324 e. The first-order chi connectivity index (χ1) is 15.1. The number of amides is 4. The Bertz CT molecular complexity index is 1080. The molecule has 0 aromatic carbocycles. The van der Waals surface area contributed by atoms with Gasteiger partial charge in [-0.05, 0) is 11.4 Å². The molecule has 1 saturated heterocycles. The zero-order chi connectivity index (χ0) is 21.6. The Balaban J connectivity index is 1.26. The second kappa shape index (κ2) is 9.51. The summed E-state index contributed by atoms with van der Waals surface area (Å²) in [5.41, 5.74) is 0.688. The van der Waals surface area contributed by atoms with Crippen molar-refractivity contribution in [3.8, 4) is 0 Å². The second-order valence-electron chi connectivity index (χ2n) is 6.95. The molecule has 0 bridgehead atoms. The molecule has 3 aromatic rings. The van der Waals surface area contributed by atoms with Crippen LogP contribution in [0, 0.1) is 0 Å². The molecule has 4 heterocycles. The Hall–Kier alpha value is -3.54. The number of rotatable bonds is 9. The van der Waals surface area contributed by atoms with E-state index in [4.69, 9.17) is 0 Å². The molecule has 12 heteroatoms. The van der Waals surface area contributed by atoms with E-state index in [9.17, 15) is 14.4 Å². The second-order valence-corrected chi connectivity index (χ2v) is 7.98. The number of urea groups is 1. The zero-order valence-corrected chi connectivity index (χ0v) is 17.5. The average molecular weight is 443 g/mol. The lowest BCUT2D eigenvalue weighted by molar-refractivity contribution is -0.121. The first kappa shape index (κ1) is 20.7. The summed E-state index contributed by atoms with van der Waals surface area (Å²) in [6, 6.07) is 3.61. The van der Waals surface area contributed by atoms with Crippen LogP contribution in [0.1, 0.15) is 17.7 Å². The van der Waals surface area contributed by atoms with Crippen molar-refractivity contribution < 1.29 is 14.4 Å². The van der Waals surface area contributed by atoms with Crippen LogP contribution in [-0.2, 0) is 22.7 Å². The molecule has 11 nitrogen and oxygen atoms in total. The third kappa shape index (κ3) is 5.15. The van der Waals surface area contributed by atoms with Crippen molar-refractivity contribution in [2.45, 2.75) is 25.9 Å². The van der Waals surface area contributed by atoms with E-state index in [1.165, 1.54) is 16.1 Å². The number of imide groups is 1. The molecular weight excluding hydrogens is 420 g/mol. The van der Waals surface area contributed by atoms with Crippen LogP contribution in [0.5, 0.6) is 0 Å². The molecule has 1 fully saturated rings. The molecule has 4 rings (SSSR count).